The number of aromatic nitrogens is 1. The van der Waals surface area contributed by atoms with E-state index in [1.807, 2.05) is 37.4 Å². The van der Waals surface area contributed by atoms with E-state index < -0.39 is 8.25 Å². The first-order valence-electron chi connectivity index (χ1n) is 5.11. The molecule has 2 rings (SSSR count). The van der Waals surface area contributed by atoms with Gasteiger partial charge in [-0.25, -0.2) is 0 Å². The fraction of sp³-hybridized carbons (Fsp3) is 0.273. The van der Waals surface area contributed by atoms with Gasteiger partial charge in [0.15, 0.2) is 0 Å². The first-order valence-corrected chi connectivity index (χ1v) is 6.24. The Morgan fingerprint density at radius 2 is 2.25 bits per heavy atom. The summed E-state index contributed by atoms with van der Waals surface area (Å²) >= 11 is 0. The molecule has 84 valence electrons. The van der Waals surface area contributed by atoms with Gasteiger partial charge in [-0.3, -0.25) is 0 Å². The van der Waals surface area contributed by atoms with Crippen molar-refractivity contribution >= 4 is 19.2 Å². The van der Waals surface area contributed by atoms with Gasteiger partial charge >= 0.3 is 8.25 Å². The third-order valence-corrected chi connectivity index (χ3v) is 2.99. The van der Waals surface area contributed by atoms with Gasteiger partial charge in [0, 0.05) is 27.2 Å². The molecule has 4 nitrogen and oxygen atoms in total. The van der Waals surface area contributed by atoms with Crippen molar-refractivity contribution in [3.05, 3.63) is 36.0 Å². The first-order chi connectivity index (χ1) is 7.72. The van der Waals surface area contributed by atoms with E-state index in [-0.39, 0.29) is 6.10 Å². The summed E-state index contributed by atoms with van der Waals surface area (Å²) in [6.45, 7) is 1.92. The Morgan fingerprint density at radius 1 is 1.50 bits per heavy atom. The van der Waals surface area contributed by atoms with Crippen molar-refractivity contribution < 1.29 is 14.0 Å². The Labute approximate surface area is 94.2 Å². The zero-order valence-corrected chi connectivity index (χ0v) is 9.78. The molecule has 0 aliphatic carbocycles. The molecule has 16 heavy (non-hydrogen) atoms. The van der Waals surface area contributed by atoms with Crippen molar-refractivity contribution in [1.29, 1.82) is 0 Å². The molecule has 0 fully saturated rings. The van der Waals surface area contributed by atoms with Gasteiger partial charge in [-0.2, -0.15) is 0 Å². The maximum absolute atomic E-state index is 10.7. The second-order valence-corrected chi connectivity index (χ2v) is 4.22. The van der Waals surface area contributed by atoms with E-state index in [0.717, 1.165) is 16.5 Å². The van der Waals surface area contributed by atoms with E-state index in [1.165, 1.54) is 0 Å². The van der Waals surface area contributed by atoms with Crippen LogP contribution in [0.2, 0.25) is 0 Å². The second-order valence-electron chi connectivity index (χ2n) is 3.53. The summed E-state index contributed by atoms with van der Waals surface area (Å²) in [6, 6.07) is 7.81. The normalized spacial score (nSPS) is 14.0. The number of fused-ring (bicyclic) bond motifs is 1. The number of hydrogen-bond acceptors (Lipinski definition) is 2. The SMILES string of the molecule is CCC(O[P+](=O)O)c1c[nH]c2ccccc12. The number of aromatic amines is 1. The molecule has 0 bridgehead atoms. The van der Waals surface area contributed by atoms with Crippen LogP contribution >= 0.6 is 8.25 Å². The third-order valence-electron chi connectivity index (χ3n) is 2.56. The van der Waals surface area contributed by atoms with Gasteiger partial charge in [0.25, 0.3) is 0 Å². The van der Waals surface area contributed by atoms with Crippen LogP contribution in [0.4, 0.5) is 0 Å². The van der Waals surface area contributed by atoms with Crippen LogP contribution in [-0.2, 0) is 9.09 Å². The minimum Gasteiger partial charge on any atom is -0.361 e. The number of para-hydroxylation sites is 1. The van der Waals surface area contributed by atoms with Crippen molar-refractivity contribution in [2.24, 2.45) is 0 Å². The molecular formula is C11H13NO3P+. The highest BCUT2D eigenvalue weighted by molar-refractivity contribution is 7.32. The Kier molecular flexibility index (Phi) is 3.34. The largest absolute Gasteiger partial charge is 0.695 e. The van der Waals surface area contributed by atoms with E-state index in [0.29, 0.717) is 6.42 Å². The summed E-state index contributed by atoms with van der Waals surface area (Å²) in [5, 5.41) is 1.03. The predicted molar refractivity (Wildman–Crippen MR) is 62.2 cm³/mol. The maximum Gasteiger partial charge on any atom is 0.695 e. The number of hydrogen-bond donors (Lipinski definition) is 2. The van der Waals surface area contributed by atoms with E-state index in [2.05, 4.69) is 4.98 Å². The standard InChI is InChI=1S/C11H12NO3P/c1-2-11(15-16(13)14)9-7-12-10-6-4-3-5-8(9)10/h3-7,11-12H,2H2,1H3/p+1. The van der Waals surface area contributed by atoms with Gasteiger partial charge in [0.2, 0.25) is 0 Å². The van der Waals surface area contributed by atoms with Crippen molar-refractivity contribution in [1.82, 2.24) is 4.98 Å². The lowest BCUT2D eigenvalue weighted by atomic mass is 10.1. The van der Waals surface area contributed by atoms with E-state index in [9.17, 15) is 4.57 Å². The molecular weight excluding hydrogens is 225 g/mol. The quantitative estimate of drug-likeness (QED) is 0.803. The number of benzene rings is 1. The molecule has 1 aromatic heterocycles. The lowest BCUT2D eigenvalue weighted by Crippen LogP contribution is -1.96. The van der Waals surface area contributed by atoms with Crippen molar-refractivity contribution in [2.45, 2.75) is 19.4 Å². The summed E-state index contributed by atoms with van der Waals surface area (Å²) in [6.07, 6.45) is 2.14. The van der Waals surface area contributed by atoms with Crippen LogP contribution < -0.4 is 0 Å². The summed E-state index contributed by atoms with van der Waals surface area (Å²) in [7, 11) is -2.57. The number of rotatable bonds is 4. The van der Waals surface area contributed by atoms with Crippen LogP contribution in [-0.4, -0.2) is 9.88 Å². The van der Waals surface area contributed by atoms with E-state index >= 15 is 0 Å². The van der Waals surface area contributed by atoms with Gasteiger partial charge in [0.1, 0.15) is 6.10 Å². The van der Waals surface area contributed by atoms with Crippen molar-refractivity contribution in [3.8, 4) is 0 Å². The lowest BCUT2D eigenvalue weighted by Gasteiger charge is -2.05. The lowest BCUT2D eigenvalue weighted by molar-refractivity contribution is 0.188. The van der Waals surface area contributed by atoms with Crippen LogP contribution in [0.15, 0.2) is 30.5 Å². The summed E-state index contributed by atoms with van der Waals surface area (Å²) in [5.41, 5.74) is 1.93. The van der Waals surface area contributed by atoms with E-state index in [1.54, 1.807) is 0 Å². The first kappa shape index (κ1) is 11.3. The van der Waals surface area contributed by atoms with Crippen molar-refractivity contribution in [2.75, 3.05) is 0 Å². The topological polar surface area (TPSA) is 62.3 Å². The van der Waals surface area contributed by atoms with E-state index in [4.69, 9.17) is 9.42 Å². The van der Waals surface area contributed by atoms with Crippen LogP contribution in [0.3, 0.4) is 0 Å². The average molecular weight is 238 g/mol. The van der Waals surface area contributed by atoms with Gasteiger partial charge < -0.3 is 4.98 Å². The van der Waals surface area contributed by atoms with Gasteiger partial charge in [-0.05, 0) is 12.5 Å². The third kappa shape index (κ3) is 2.14. The monoisotopic (exact) mass is 238 g/mol. The molecule has 1 heterocycles. The van der Waals surface area contributed by atoms with Gasteiger partial charge in [-0.1, -0.05) is 25.1 Å². The van der Waals surface area contributed by atoms with Crippen molar-refractivity contribution in [3.63, 3.8) is 0 Å². The zero-order chi connectivity index (χ0) is 11.5. The van der Waals surface area contributed by atoms with Crippen LogP contribution in [0, 0.1) is 0 Å². The fourth-order valence-corrected chi connectivity index (χ4v) is 2.30. The second kappa shape index (κ2) is 4.74. The van der Waals surface area contributed by atoms with Crippen LogP contribution in [0.25, 0.3) is 10.9 Å². The number of nitrogens with one attached hydrogen (secondary N) is 1. The smallest absolute Gasteiger partial charge is 0.361 e. The molecule has 2 aromatic rings. The Hall–Kier alpha value is -1.22. The fourth-order valence-electron chi connectivity index (χ4n) is 1.82. The molecule has 2 N–H and O–H groups in total. The minimum absolute atomic E-state index is 0.343. The molecule has 0 spiro atoms. The van der Waals surface area contributed by atoms with Gasteiger partial charge in [0.05, 0.1) is 0 Å². The minimum atomic E-state index is -2.57. The maximum atomic E-state index is 10.7. The molecule has 0 saturated carbocycles. The summed E-state index contributed by atoms with van der Waals surface area (Å²) in [5.74, 6) is 0. The average Bonchev–Trinajstić information content (AvgIpc) is 2.69. The molecule has 5 heteroatoms. The van der Waals surface area contributed by atoms with Crippen LogP contribution in [0.5, 0.6) is 0 Å². The molecule has 2 atom stereocenters. The molecule has 0 saturated heterocycles. The zero-order valence-electron chi connectivity index (χ0n) is 8.88. The Balaban J connectivity index is 2.41. The van der Waals surface area contributed by atoms with Gasteiger partial charge in [-0.15, -0.1) is 9.42 Å². The molecule has 2 unspecified atom stereocenters. The Morgan fingerprint density at radius 3 is 2.94 bits per heavy atom. The Bertz CT molecular complexity index is 509. The predicted octanol–water partition coefficient (Wildman–Crippen LogP) is 3.29. The highest BCUT2D eigenvalue weighted by Gasteiger charge is 2.25. The molecule has 0 radical (unpaired) electrons. The molecule has 0 amide bonds. The number of H-pyrrole nitrogens is 1. The highest BCUT2D eigenvalue weighted by Crippen LogP contribution is 2.34. The summed E-state index contributed by atoms with van der Waals surface area (Å²) in [4.78, 5) is 11.9. The molecule has 0 aliphatic rings. The molecule has 0 aliphatic heterocycles. The highest BCUT2D eigenvalue weighted by atomic mass is 31.1. The van der Waals surface area contributed by atoms with Crippen LogP contribution in [0.1, 0.15) is 25.0 Å². The summed E-state index contributed by atoms with van der Waals surface area (Å²) < 4.78 is 15.7. The molecule has 1 aromatic carbocycles.